The van der Waals surface area contributed by atoms with Crippen molar-refractivity contribution in [3.63, 3.8) is 0 Å². The number of amides is 3. The van der Waals surface area contributed by atoms with Gasteiger partial charge in [0.05, 0.1) is 18.5 Å². The molecule has 252 valence electrons. The van der Waals surface area contributed by atoms with E-state index < -0.39 is 17.4 Å². The zero-order valence-electron chi connectivity index (χ0n) is 27.0. The topological polar surface area (TPSA) is 114 Å². The van der Waals surface area contributed by atoms with Crippen molar-refractivity contribution < 1.29 is 28.3 Å². The van der Waals surface area contributed by atoms with E-state index in [9.17, 15) is 14.4 Å². The van der Waals surface area contributed by atoms with Crippen molar-refractivity contribution in [1.82, 2.24) is 9.80 Å². The lowest BCUT2D eigenvalue weighted by Crippen LogP contribution is -2.43. The number of carbonyl (C=O) groups excluding carboxylic acids is 3. The van der Waals surface area contributed by atoms with Gasteiger partial charge in [-0.3, -0.25) is 19.4 Å². The monoisotopic (exact) mass is 686 g/mol. The highest BCUT2D eigenvalue weighted by Gasteiger charge is 2.40. The fourth-order valence-corrected chi connectivity index (χ4v) is 7.01. The molecule has 0 saturated carbocycles. The van der Waals surface area contributed by atoms with Gasteiger partial charge in [0.2, 0.25) is 11.8 Å². The molecule has 3 heterocycles. The van der Waals surface area contributed by atoms with Crippen LogP contribution in [0, 0.1) is 0 Å². The summed E-state index contributed by atoms with van der Waals surface area (Å²) in [5.74, 6) is 1.56. The van der Waals surface area contributed by atoms with Crippen LogP contribution in [0.4, 0.5) is 16.2 Å². The summed E-state index contributed by atoms with van der Waals surface area (Å²) < 4.78 is 17.1. The Morgan fingerprint density at radius 1 is 0.880 bits per heavy atom. The first-order chi connectivity index (χ1) is 24.5. The van der Waals surface area contributed by atoms with Gasteiger partial charge in [-0.15, -0.1) is 0 Å². The molecule has 50 heavy (non-hydrogen) atoms. The predicted molar refractivity (Wildman–Crippen MR) is 191 cm³/mol. The van der Waals surface area contributed by atoms with Crippen LogP contribution in [0.1, 0.15) is 35.0 Å². The van der Waals surface area contributed by atoms with Crippen LogP contribution in [0.15, 0.2) is 137 Å². The largest absolute Gasteiger partial charge is 0.467 e. The number of nitrogens with zero attached hydrogens (tertiary/aromatic N) is 3. The number of ether oxygens (including phenoxy) is 2. The first kappa shape index (κ1) is 32.7. The maximum Gasteiger partial charge on any atom is 0.410 e. The molecule has 0 radical (unpaired) electrons. The van der Waals surface area contributed by atoms with Crippen molar-refractivity contribution >= 4 is 46.2 Å². The molecule has 2 atom stereocenters. The second kappa shape index (κ2) is 15.2. The standard InChI is InChI=1S/C39H34N4O6S/c44-36(34-17-8-22-42(34)39(46)48-26-27-10-3-1-4-11-27)40-29-20-18-28(19-21-29)35-37(45)43(25-33-16-9-23-47-33)38(50-35)41-30-12-7-15-32(24-30)49-31-13-5-2-6-14-31/h1-7,9-16,18-21,23-24,34-35H,8,17,22,25-26H2,(H,40,44)/t34-,35?/m1/s1. The van der Waals surface area contributed by atoms with Gasteiger partial charge >= 0.3 is 6.09 Å². The van der Waals surface area contributed by atoms with E-state index in [1.54, 1.807) is 29.4 Å². The Morgan fingerprint density at radius 2 is 1.64 bits per heavy atom. The maximum absolute atomic E-state index is 13.9. The quantitative estimate of drug-likeness (QED) is 0.157. The molecule has 11 heteroatoms. The van der Waals surface area contributed by atoms with Gasteiger partial charge in [-0.2, -0.15) is 0 Å². The minimum absolute atomic E-state index is 0.130. The molecule has 1 N–H and O–H groups in total. The molecular weight excluding hydrogens is 653 g/mol. The van der Waals surface area contributed by atoms with E-state index in [1.807, 2.05) is 103 Å². The average Bonchev–Trinajstić information content (AvgIpc) is 3.91. The number of thioether (sulfide) groups is 1. The number of hydrogen-bond acceptors (Lipinski definition) is 8. The summed E-state index contributed by atoms with van der Waals surface area (Å²) in [5, 5.41) is 2.92. The number of para-hydroxylation sites is 1. The normalized spacial score (nSPS) is 18.0. The van der Waals surface area contributed by atoms with Gasteiger partial charge in [-0.1, -0.05) is 78.5 Å². The van der Waals surface area contributed by atoms with Crippen molar-refractivity contribution in [1.29, 1.82) is 0 Å². The van der Waals surface area contributed by atoms with Gasteiger partial charge in [0.25, 0.3) is 0 Å². The van der Waals surface area contributed by atoms with Crippen LogP contribution in [-0.4, -0.2) is 45.5 Å². The smallest absolute Gasteiger partial charge is 0.410 e. The summed E-state index contributed by atoms with van der Waals surface area (Å²) in [4.78, 5) is 47.9. The van der Waals surface area contributed by atoms with Gasteiger partial charge in [-0.25, -0.2) is 9.79 Å². The van der Waals surface area contributed by atoms with E-state index in [1.165, 1.54) is 16.7 Å². The van der Waals surface area contributed by atoms with Crippen LogP contribution in [0.5, 0.6) is 11.5 Å². The maximum atomic E-state index is 13.9. The molecule has 2 saturated heterocycles. The molecule has 3 amide bonds. The van der Waals surface area contributed by atoms with Crippen LogP contribution < -0.4 is 10.1 Å². The SMILES string of the molecule is O=C(Nc1ccc(C2SC(=Nc3cccc(Oc4ccccc4)c3)N(Cc3ccco3)C2=O)cc1)[C@H]1CCCN1C(=O)OCc1ccccc1. The number of carbonyl (C=O) groups is 3. The molecule has 2 fully saturated rings. The number of nitrogens with one attached hydrogen (secondary N) is 1. The number of rotatable bonds is 10. The minimum atomic E-state index is -0.629. The lowest BCUT2D eigenvalue weighted by atomic mass is 10.1. The van der Waals surface area contributed by atoms with Crippen LogP contribution >= 0.6 is 11.8 Å². The summed E-state index contributed by atoms with van der Waals surface area (Å²) in [6.45, 7) is 0.826. The molecule has 7 rings (SSSR count). The fourth-order valence-electron chi connectivity index (χ4n) is 5.83. The average molecular weight is 687 g/mol. The molecule has 4 aromatic carbocycles. The minimum Gasteiger partial charge on any atom is -0.467 e. The zero-order valence-corrected chi connectivity index (χ0v) is 27.8. The van der Waals surface area contributed by atoms with Gasteiger partial charge in [-0.05, 0) is 72.5 Å². The Kier molecular flexibility index (Phi) is 9.93. The number of aliphatic imine (C=N–C) groups is 1. The van der Waals surface area contributed by atoms with E-state index in [0.717, 1.165) is 11.1 Å². The number of furan rings is 1. The van der Waals surface area contributed by atoms with Crippen LogP contribution in [-0.2, 0) is 27.5 Å². The Morgan fingerprint density at radius 3 is 2.40 bits per heavy atom. The van der Waals surface area contributed by atoms with Crippen molar-refractivity contribution in [2.75, 3.05) is 11.9 Å². The summed E-state index contributed by atoms with van der Waals surface area (Å²) in [5.41, 5.74) is 2.85. The van der Waals surface area contributed by atoms with Gasteiger partial charge < -0.3 is 19.2 Å². The van der Waals surface area contributed by atoms with Crippen molar-refractivity contribution in [2.45, 2.75) is 37.3 Å². The highest BCUT2D eigenvalue weighted by Crippen LogP contribution is 2.42. The number of benzene rings is 4. The zero-order chi connectivity index (χ0) is 34.3. The van der Waals surface area contributed by atoms with Crippen LogP contribution in [0.25, 0.3) is 0 Å². The van der Waals surface area contributed by atoms with Crippen molar-refractivity contribution in [2.24, 2.45) is 4.99 Å². The highest BCUT2D eigenvalue weighted by molar-refractivity contribution is 8.15. The van der Waals surface area contributed by atoms with Crippen LogP contribution in [0.3, 0.4) is 0 Å². The predicted octanol–water partition coefficient (Wildman–Crippen LogP) is 8.32. The van der Waals surface area contributed by atoms with E-state index in [4.69, 9.17) is 18.9 Å². The number of anilines is 1. The second-order valence-electron chi connectivity index (χ2n) is 11.8. The molecule has 0 bridgehead atoms. The van der Waals surface area contributed by atoms with Crippen LogP contribution in [0.2, 0.25) is 0 Å². The third-order valence-corrected chi connectivity index (χ3v) is 9.57. The molecule has 1 unspecified atom stereocenters. The lowest BCUT2D eigenvalue weighted by Gasteiger charge is -2.23. The third-order valence-electron chi connectivity index (χ3n) is 8.34. The fraction of sp³-hybridized carbons (Fsp3) is 0.179. The van der Waals surface area contributed by atoms with Gasteiger partial charge in [0.1, 0.15) is 35.2 Å². The molecule has 2 aliphatic rings. The highest BCUT2D eigenvalue weighted by atomic mass is 32.2. The van der Waals surface area contributed by atoms with Gasteiger partial charge in [0, 0.05) is 18.3 Å². The van der Waals surface area contributed by atoms with E-state index in [-0.39, 0.29) is 25.0 Å². The lowest BCUT2D eigenvalue weighted by molar-refractivity contribution is -0.126. The Hall–Kier alpha value is -5.81. The first-order valence-electron chi connectivity index (χ1n) is 16.3. The summed E-state index contributed by atoms with van der Waals surface area (Å²) in [6, 6.07) is 36.5. The Balaban J connectivity index is 1.03. The Bertz CT molecular complexity index is 1970. The molecule has 5 aromatic rings. The van der Waals surface area contributed by atoms with Crippen molar-refractivity contribution in [3.8, 4) is 11.5 Å². The van der Waals surface area contributed by atoms with Crippen molar-refractivity contribution in [3.05, 3.63) is 144 Å². The number of amidine groups is 1. The summed E-state index contributed by atoms with van der Waals surface area (Å²) >= 11 is 1.35. The van der Waals surface area contributed by atoms with E-state index in [2.05, 4.69) is 5.32 Å². The summed E-state index contributed by atoms with van der Waals surface area (Å²) in [6.07, 6.45) is 2.33. The molecule has 1 aromatic heterocycles. The third kappa shape index (κ3) is 7.74. The van der Waals surface area contributed by atoms with Gasteiger partial charge in [0.15, 0.2) is 5.17 Å². The Labute approximate surface area is 293 Å². The molecule has 2 aliphatic heterocycles. The molecular formula is C39H34N4O6S. The number of likely N-dealkylation sites (tertiary alicyclic amines) is 1. The number of hydrogen-bond donors (Lipinski definition) is 1. The molecule has 0 spiro atoms. The first-order valence-corrected chi connectivity index (χ1v) is 17.2. The summed E-state index contributed by atoms with van der Waals surface area (Å²) in [7, 11) is 0. The van der Waals surface area contributed by atoms with E-state index in [0.29, 0.717) is 53.2 Å². The molecule has 0 aliphatic carbocycles. The second-order valence-corrected chi connectivity index (χ2v) is 12.9. The molecule has 10 nitrogen and oxygen atoms in total. The van der Waals surface area contributed by atoms with E-state index >= 15 is 0 Å².